The van der Waals surface area contributed by atoms with Gasteiger partial charge in [0.1, 0.15) is 13.2 Å². The molecular weight excluding hydrogens is 352 g/mol. The maximum absolute atomic E-state index is 5.46. The van der Waals surface area contributed by atoms with Gasteiger partial charge in [-0.25, -0.2) is 0 Å². The smallest absolute Gasteiger partial charge is 0.175 e. The molecule has 0 aliphatic carbocycles. The Morgan fingerprint density at radius 1 is 0.636 bits per heavy atom. The maximum atomic E-state index is 5.46. The molecule has 120 valence electrons. The summed E-state index contributed by atoms with van der Waals surface area (Å²) in [5.74, 6) is 4.49. The Morgan fingerprint density at radius 2 is 1.05 bits per heavy atom. The van der Waals surface area contributed by atoms with Gasteiger partial charge in [0.05, 0.1) is 0 Å². The summed E-state index contributed by atoms with van der Waals surface area (Å²) in [7, 11) is 0. The number of ether oxygens (including phenoxy) is 2. The van der Waals surface area contributed by atoms with Crippen LogP contribution in [0.1, 0.15) is 19.5 Å². The molecule has 0 bridgehead atoms. The van der Waals surface area contributed by atoms with Gasteiger partial charge in [-0.15, -0.1) is 46.2 Å². The Balaban J connectivity index is 0.000000131. The van der Waals surface area contributed by atoms with Crippen molar-refractivity contribution >= 4 is 46.2 Å². The highest BCUT2D eigenvalue weighted by molar-refractivity contribution is 8.06. The van der Waals surface area contributed by atoms with Crippen molar-refractivity contribution in [1.29, 1.82) is 0 Å². The fourth-order valence-corrected chi connectivity index (χ4v) is 7.46. The molecule has 2 aromatic heterocycles. The maximum Gasteiger partial charge on any atom is 0.175 e. The average Bonchev–Trinajstić information content (AvgIpc) is 2.99. The lowest BCUT2D eigenvalue weighted by Crippen LogP contribution is -2.14. The number of thiophene rings is 2. The third-order valence-electron chi connectivity index (χ3n) is 3.46. The van der Waals surface area contributed by atoms with E-state index >= 15 is 0 Å². The van der Waals surface area contributed by atoms with E-state index in [2.05, 4.69) is 27.7 Å². The molecule has 0 spiro atoms. The fourth-order valence-electron chi connectivity index (χ4n) is 2.53. The van der Waals surface area contributed by atoms with Crippen LogP contribution >= 0.6 is 46.2 Å². The molecule has 22 heavy (non-hydrogen) atoms. The van der Waals surface area contributed by atoms with Gasteiger partial charge in [-0.1, -0.05) is 0 Å². The van der Waals surface area contributed by atoms with E-state index in [9.17, 15) is 0 Å². The Hall–Kier alpha value is -0.300. The zero-order chi connectivity index (χ0) is 15.7. The lowest BCUT2D eigenvalue weighted by molar-refractivity contribution is 0.171. The molecule has 0 aromatic carbocycles. The number of hydrogen-bond donors (Lipinski definition) is 0. The Kier molecular flexibility index (Phi) is 5.32. The summed E-state index contributed by atoms with van der Waals surface area (Å²) >= 11 is 7.73. The second kappa shape index (κ2) is 7.07. The van der Waals surface area contributed by atoms with Gasteiger partial charge in [0.15, 0.2) is 11.5 Å². The number of aryl methyl sites for hydroxylation is 4. The van der Waals surface area contributed by atoms with Gasteiger partial charge < -0.3 is 9.47 Å². The Bertz CT molecular complexity index is 561. The van der Waals surface area contributed by atoms with Gasteiger partial charge in [0.2, 0.25) is 0 Å². The van der Waals surface area contributed by atoms with Crippen molar-refractivity contribution in [2.24, 2.45) is 0 Å². The summed E-state index contributed by atoms with van der Waals surface area (Å²) < 4.78 is 10.9. The lowest BCUT2D eigenvalue weighted by Gasteiger charge is -2.15. The standard InChI is InChI=1S/C8H10O2S.C8H10S3/c2*1-5-7-8(6(2)11-5)10-4-3-9-7/h2*3-4H2,1-2H3. The lowest BCUT2D eigenvalue weighted by atomic mass is 10.3. The zero-order valence-corrected chi connectivity index (χ0v) is 16.5. The van der Waals surface area contributed by atoms with Crippen LogP contribution in [0.5, 0.6) is 11.5 Å². The van der Waals surface area contributed by atoms with Gasteiger partial charge in [-0.3, -0.25) is 0 Å². The third kappa shape index (κ3) is 3.30. The molecule has 0 N–H and O–H groups in total. The number of fused-ring (bicyclic) bond motifs is 2. The number of thioether (sulfide) groups is 2. The van der Waals surface area contributed by atoms with E-state index in [-0.39, 0.29) is 0 Å². The summed E-state index contributed by atoms with van der Waals surface area (Å²) in [6.07, 6.45) is 0. The molecule has 0 saturated carbocycles. The molecule has 0 unspecified atom stereocenters. The molecule has 2 aliphatic rings. The van der Waals surface area contributed by atoms with Gasteiger partial charge in [-0.2, -0.15) is 0 Å². The van der Waals surface area contributed by atoms with Crippen molar-refractivity contribution in [2.75, 3.05) is 24.7 Å². The summed E-state index contributed by atoms with van der Waals surface area (Å²) in [5.41, 5.74) is 0. The van der Waals surface area contributed by atoms with E-state index in [0.29, 0.717) is 13.2 Å². The van der Waals surface area contributed by atoms with Crippen LogP contribution in [0.4, 0.5) is 0 Å². The molecule has 0 radical (unpaired) electrons. The highest BCUT2D eigenvalue weighted by Gasteiger charge is 2.19. The molecular formula is C16H20O2S4. The zero-order valence-electron chi connectivity index (χ0n) is 13.3. The first-order valence-electron chi connectivity index (χ1n) is 7.29. The van der Waals surface area contributed by atoms with Crippen LogP contribution in [-0.2, 0) is 0 Å². The van der Waals surface area contributed by atoms with Crippen molar-refractivity contribution in [2.45, 2.75) is 37.5 Å². The molecule has 2 aliphatic heterocycles. The van der Waals surface area contributed by atoms with Gasteiger partial charge >= 0.3 is 0 Å². The molecule has 4 heterocycles. The van der Waals surface area contributed by atoms with E-state index in [1.54, 1.807) is 21.1 Å². The second-order valence-electron chi connectivity index (χ2n) is 5.14. The van der Waals surface area contributed by atoms with E-state index in [1.165, 1.54) is 31.0 Å². The van der Waals surface area contributed by atoms with Crippen molar-refractivity contribution in [3.63, 3.8) is 0 Å². The summed E-state index contributed by atoms with van der Waals surface area (Å²) in [5, 5.41) is 0. The molecule has 2 nitrogen and oxygen atoms in total. The molecule has 2 aromatic rings. The second-order valence-corrected chi connectivity index (χ2v) is 10.2. The first-order chi connectivity index (χ1) is 10.6. The van der Waals surface area contributed by atoms with Crippen LogP contribution < -0.4 is 9.47 Å². The minimum Gasteiger partial charge on any atom is -0.485 e. The summed E-state index contributed by atoms with van der Waals surface area (Å²) in [4.78, 5) is 8.58. The number of hydrogen-bond acceptors (Lipinski definition) is 6. The van der Waals surface area contributed by atoms with Crippen molar-refractivity contribution in [3.05, 3.63) is 19.5 Å². The van der Waals surface area contributed by atoms with Crippen LogP contribution in [0.25, 0.3) is 0 Å². The Labute approximate surface area is 148 Å². The van der Waals surface area contributed by atoms with Crippen LogP contribution in [-0.4, -0.2) is 24.7 Å². The summed E-state index contributed by atoms with van der Waals surface area (Å²) in [6, 6.07) is 0. The largest absolute Gasteiger partial charge is 0.485 e. The highest BCUT2D eigenvalue weighted by Crippen LogP contribution is 2.45. The first-order valence-corrected chi connectivity index (χ1v) is 10.9. The first kappa shape index (κ1) is 16.6. The van der Waals surface area contributed by atoms with Crippen LogP contribution in [0, 0.1) is 27.7 Å². The Morgan fingerprint density at radius 3 is 1.50 bits per heavy atom. The van der Waals surface area contributed by atoms with Crippen LogP contribution in [0.15, 0.2) is 9.79 Å². The monoisotopic (exact) mass is 372 g/mol. The molecule has 0 amide bonds. The predicted molar refractivity (Wildman–Crippen MR) is 100 cm³/mol. The van der Waals surface area contributed by atoms with E-state index < -0.39 is 0 Å². The van der Waals surface area contributed by atoms with E-state index in [4.69, 9.17) is 9.47 Å². The molecule has 0 saturated heterocycles. The highest BCUT2D eigenvalue weighted by atomic mass is 32.2. The van der Waals surface area contributed by atoms with Gasteiger partial charge in [-0.05, 0) is 27.7 Å². The summed E-state index contributed by atoms with van der Waals surface area (Å²) in [6.45, 7) is 9.95. The third-order valence-corrected chi connectivity index (χ3v) is 8.52. The van der Waals surface area contributed by atoms with Crippen molar-refractivity contribution < 1.29 is 9.47 Å². The predicted octanol–water partition coefficient (Wildman–Crippen LogP) is 5.70. The van der Waals surface area contributed by atoms with Gasteiger partial charge in [0.25, 0.3) is 0 Å². The fraction of sp³-hybridized carbons (Fsp3) is 0.500. The quantitative estimate of drug-likeness (QED) is 0.590. The molecule has 0 atom stereocenters. The minimum atomic E-state index is 0.685. The van der Waals surface area contributed by atoms with Gasteiger partial charge in [0, 0.05) is 40.8 Å². The molecule has 6 heteroatoms. The van der Waals surface area contributed by atoms with E-state index in [1.807, 2.05) is 34.9 Å². The van der Waals surface area contributed by atoms with Crippen molar-refractivity contribution in [3.8, 4) is 11.5 Å². The minimum absolute atomic E-state index is 0.685. The molecule has 4 rings (SSSR count). The SMILES string of the molecule is Cc1sc(C)c2c1OCCO2.Cc1sc(C)c2c1SCCS2. The molecule has 0 fully saturated rings. The van der Waals surface area contributed by atoms with Crippen molar-refractivity contribution in [1.82, 2.24) is 0 Å². The normalized spacial score (nSPS) is 15.8. The topological polar surface area (TPSA) is 18.5 Å². The van der Waals surface area contributed by atoms with E-state index in [0.717, 1.165) is 11.5 Å². The average molecular weight is 373 g/mol. The van der Waals surface area contributed by atoms with Crippen LogP contribution in [0.2, 0.25) is 0 Å². The number of rotatable bonds is 0. The van der Waals surface area contributed by atoms with Crippen LogP contribution in [0.3, 0.4) is 0 Å².